The van der Waals surface area contributed by atoms with Crippen molar-refractivity contribution in [3.63, 3.8) is 0 Å². The Hall–Kier alpha value is -14.4. The van der Waals surface area contributed by atoms with E-state index in [0.29, 0.717) is 133 Å². The van der Waals surface area contributed by atoms with Gasteiger partial charge in [0.15, 0.2) is 11.6 Å². The SMILES string of the molecule is CCN(CC)CCCC(=O)c1ccc(-c2ccc(/C=C3/C(=O)Nc4ccc(F)cc43)o2)cc1.O=C1Nc2ccc(F)cc2/C1=C\c1ccc(-c2ccc(C(=O)CCCN3CCCC3)cc2)o1.O=C1Nc2ccccc2/C1=C\c1ccc(-c2cc(C(=O)NCCN3CCCC3)ccc2F)o1.O=C1Nc2ccccc2/C1=C\c1ccc(-c2cc(F)cc(C(=O)NCCN3CCCC3)c2)o1. The van der Waals surface area contributed by atoms with Gasteiger partial charge in [0.2, 0.25) is 0 Å². The van der Waals surface area contributed by atoms with Crippen molar-refractivity contribution in [3.05, 3.63) is 309 Å². The van der Waals surface area contributed by atoms with E-state index in [-0.39, 0.29) is 63.9 Å². The van der Waals surface area contributed by atoms with Gasteiger partial charge in [0, 0.05) is 123 Å². The van der Waals surface area contributed by atoms with Crippen LogP contribution in [0, 0.1) is 23.3 Å². The molecular weight excluding hydrogens is 1680 g/mol. The van der Waals surface area contributed by atoms with Crippen molar-refractivity contribution in [1.82, 2.24) is 30.2 Å². The van der Waals surface area contributed by atoms with Crippen LogP contribution in [-0.2, 0) is 19.2 Å². The van der Waals surface area contributed by atoms with E-state index in [4.69, 9.17) is 17.7 Å². The summed E-state index contributed by atoms with van der Waals surface area (Å²) in [5.74, 6) is 0.758. The lowest BCUT2D eigenvalue weighted by Gasteiger charge is -2.17. The number of para-hydroxylation sites is 2. The average molecular weight is 1780 g/mol. The molecule has 6 N–H and O–H groups in total. The van der Waals surface area contributed by atoms with Crippen molar-refractivity contribution in [2.45, 2.75) is 78.1 Å². The molecule has 0 saturated carbocycles. The molecule has 0 atom stereocenters. The smallest absolute Gasteiger partial charge is 0.256 e. The van der Waals surface area contributed by atoms with Crippen molar-refractivity contribution in [2.24, 2.45) is 0 Å². The van der Waals surface area contributed by atoms with E-state index in [1.54, 1.807) is 78.9 Å². The maximum Gasteiger partial charge on any atom is 0.256 e. The number of nitrogens with one attached hydrogen (secondary N) is 6. The van der Waals surface area contributed by atoms with Gasteiger partial charge in [0.05, 0.1) is 27.9 Å². The minimum absolute atomic E-state index is 0.136. The summed E-state index contributed by atoms with van der Waals surface area (Å²) < 4.78 is 79.6. The average Bonchev–Trinajstić information content (AvgIpc) is 1.65. The summed E-state index contributed by atoms with van der Waals surface area (Å²) in [6.45, 7) is 17.4. The van der Waals surface area contributed by atoms with Crippen LogP contribution >= 0.6 is 0 Å². The molecule has 8 aromatic carbocycles. The number of nitrogens with zero attached hydrogens (tertiary/aromatic N) is 4. The van der Waals surface area contributed by atoms with E-state index in [2.05, 4.69) is 65.3 Å². The van der Waals surface area contributed by atoms with Crippen molar-refractivity contribution in [2.75, 3.05) is 113 Å². The van der Waals surface area contributed by atoms with Crippen LogP contribution in [0.5, 0.6) is 0 Å². The number of hydrogen-bond donors (Lipinski definition) is 6. The topological polar surface area (TPSA) is 274 Å². The van der Waals surface area contributed by atoms with Gasteiger partial charge in [-0.1, -0.05) is 98.8 Å². The Morgan fingerprint density at radius 3 is 1.18 bits per heavy atom. The molecule has 3 fully saturated rings. The van der Waals surface area contributed by atoms with Crippen molar-refractivity contribution < 1.29 is 73.6 Å². The standard InChI is InChI=1S/C27H25FN2O3.C27H27FN2O3.2C26H24FN3O3/c28-20-9-11-24-22(16-20)23(27(32)29-24)17-21-10-12-26(33-21)19-7-5-18(6-8-19)25(31)4-3-15-30-13-1-2-14-30;1-3-30(4-2)15-5-6-25(31)18-7-9-19(10-8-18)26-14-12-21(33-26)17-23-22-16-20(28)11-13-24(22)29-27(23)32;27-22-9-7-17(25(31)28-11-14-30-12-3-4-13-30)15-21(22)24-10-8-18(33-24)16-20-19-5-1-2-6-23(19)29-26(20)32;27-19-14-17(13-18(15-19)25(31)28-9-12-30-10-3-4-11-30)24-8-7-20(33-24)16-22-21-5-1-2-6-23(21)29-26(22)32/h5-12,16-17H,1-4,13-15H2,(H,29,32);7-14,16-17H,3-6,15H2,1-2H3,(H,29,32);1-2,5-10,15-16H,3-4,11-14H2,(H,28,31)(H,29,32);1-2,5-8,13-16H,3-4,9-12H2,(H,28,31)(H,29,32)/b2*23-17+;20-16+;22-16+. The van der Waals surface area contributed by atoms with Crippen LogP contribution in [0.25, 0.3) is 91.9 Å². The number of carbonyl (C=O) groups excluding carboxylic acids is 8. The van der Waals surface area contributed by atoms with Crippen molar-refractivity contribution >= 4 is 116 Å². The molecule has 22 nitrogen and oxygen atoms in total. The molecule has 6 amide bonds. The second kappa shape index (κ2) is 42.4. The monoisotopic (exact) mass is 1780 g/mol. The quantitative estimate of drug-likeness (QED) is 0.0151. The number of furan rings is 4. The zero-order valence-corrected chi connectivity index (χ0v) is 73.3. The zero-order valence-electron chi connectivity index (χ0n) is 73.3. The molecule has 0 aliphatic carbocycles. The summed E-state index contributed by atoms with van der Waals surface area (Å²) in [5.41, 5.74) is 11.3. The summed E-state index contributed by atoms with van der Waals surface area (Å²) in [6, 6.07) is 60.3. The van der Waals surface area contributed by atoms with E-state index in [9.17, 15) is 55.9 Å². The van der Waals surface area contributed by atoms with Gasteiger partial charge in [-0.25, -0.2) is 17.6 Å². The molecule has 7 aliphatic heterocycles. The van der Waals surface area contributed by atoms with E-state index in [0.717, 1.165) is 125 Å². The Bertz CT molecular complexity index is 6250. The highest BCUT2D eigenvalue weighted by atomic mass is 19.1. The van der Waals surface area contributed by atoms with Gasteiger partial charge in [-0.3, -0.25) is 38.4 Å². The Labute approximate surface area is 761 Å². The second-order valence-electron chi connectivity index (χ2n) is 33.1. The fourth-order valence-corrected chi connectivity index (χ4v) is 17.1. The molecule has 0 bridgehead atoms. The lowest BCUT2D eigenvalue weighted by Crippen LogP contribution is -2.33. The molecule has 11 heterocycles. The Morgan fingerprint density at radius 2 is 0.735 bits per heavy atom. The number of likely N-dealkylation sites (tertiary alicyclic amines) is 3. The van der Waals surface area contributed by atoms with Crippen molar-refractivity contribution in [1.29, 1.82) is 0 Å². The number of Topliss-reactive ketones (excluding diaryl/α,β-unsaturated/α-hetero) is 2. The van der Waals surface area contributed by atoms with Crippen LogP contribution < -0.4 is 31.9 Å². The molecule has 19 rings (SSSR count). The maximum atomic E-state index is 14.6. The van der Waals surface area contributed by atoms with Gasteiger partial charge in [0.1, 0.15) is 69.4 Å². The van der Waals surface area contributed by atoms with Crippen LogP contribution in [0.2, 0.25) is 0 Å². The van der Waals surface area contributed by atoms with E-state index < -0.39 is 23.3 Å². The third-order valence-electron chi connectivity index (χ3n) is 24.2. The highest BCUT2D eigenvalue weighted by Gasteiger charge is 2.30. The first-order valence-corrected chi connectivity index (χ1v) is 44.8. The first kappa shape index (κ1) is 90.9. The predicted octanol–water partition coefficient (Wildman–Crippen LogP) is 20.3. The number of anilines is 4. The predicted molar refractivity (Wildman–Crippen MR) is 505 cm³/mol. The molecule has 12 aromatic rings. The van der Waals surface area contributed by atoms with Gasteiger partial charge in [-0.2, -0.15) is 0 Å². The number of fused-ring (bicyclic) bond motifs is 4. The molecule has 0 unspecified atom stereocenters. The third-order valence-corrected chi connectivity index (χ3v) is 24.2. The second-order valence-corrected chi connectivity index (χ2v) is 33.1. The van der Waals surface area contributed by atoms with E-state index in [1.165, 1.54) is 93.1 Å². The Morgan fingerprint density at radius 1 is 0.356 bits per heavy atom. The lowest BCUT2D eigenvalue weighted by molar-refractivity contribution is -0.111. The number of hydrogen-bond acceptors (Lipinski definition) is 16. The normalized spacial score (nSPS) is 16.1. The van der Waals surface area contributed by atoms with Crippen LogP contribution in [0.4, 0.5) is 40.3 Å². The fourth-order valence-electron chi connectivity index (χ4n) is 17.1. The molecule has 132 heavy (non-hydrogen) atoms. The number of benzene rings is 8. The minimum Gasteiger partial charge on any atom is -0.457 e. The summed E-state index contributed by atoms with van der Waals surface area (Å²) in [4.78, 5) is 109. The molecular formula is C106H100F4N10O12. The van der Waals surface area contributed by atoms with Gasteiger partial charge >= 0.3 is 0 Å². The highest BCUT2D eigenvalue weighted by Crippen LogP contribution is 2.40. The van der Waals surface area contributed by atoms with Gasteiger partial charge in [-0.15, -0.1) is 0 Å². The number of ketones is 2. The van der Waals surface area contributed by atoms with Crippen LogP contribution in [-0.4, -0.2) is 158 Å². The molecule has 674 valence electrons. The molecule has 3 saturated heterocycles. The summed E-state index contributed by atoms with van der Waals surface area (Å²) >= 11 is 0. The van der Waals surface area contributed by atoms with Gasteiger partial charge in [-0.05, 0) is 275 Å². The first-order chi connectivity index (χ1) is 64.2. The van der Waals surface area contributed by atoms with Crippen LogP contribution in [0.3, 0.4) is 0 Å². The molecule has 7 aliphatic rings. The zero-order chi connectivity index (χ0) is 91.7. The largest absolute Gasteiger partial charge is 0.457 e. The van der Waals surface area contributed by atoms with Crippen molar-refractivity contribution in [3.8, 4) is 45.3 Å². The first-order valence-electron chi connectivity index (χ1n) is 44.8. The molecule has 26 heteroatoms. The summed E-state index contributed by atoms with van der Waals surface area (Å²) in [5, 5.41) is 16.9. The van der Waals surface area contributed by atoms with E-state index >= 15 is 0 Å². The summed E-state index contributed by atoms with van der Waals surface area (Å²) in [6.07, 6.45) is 16.7. The number of rotatable bonds is 28. The maximum absolute atomic E-state index is 14.6. The number of carbonyl (C=O) groups is 8. The molecule has 0 spiro atoms. The number of halogens is 4. The third kappa shape index (κ3) is 22.5. The van der Waals surface area contributed by atoms with Gasteiger partial charge in [0.25, 0.3) is 35.4 Å². The molecule has 4 aromatic heterocycles. The Kier molecular flexibility index (Phi) is 29.2. The van der Waals surface area contributed by atoms with Crippen LogP contribution in [0.15, 0.2) is 236 Å². The van der Waals surface area contributed by atoms with Crippen LogP contribution in [0.1, 0.15) is 165 Å². The van der Waals surface area contributed by atoms with E-state index in [1.807, 2.05) is 109 Å². The number of amides is 6. The minimum atomic E-state index is -0.516. The summed E-state index contributed by atoms with van der Waals surface area (Å²) in [7, 11) is 0. The Balaban J connectivity index is 0.000000128. The molecule has 0 radical (unpaired) electrons. The fraction of sp³-hybridized carbons (Fsp3) is 0.245. The highest BCUT2D eigenvalue weighted by molar-refractivity contribution is 6.37. The van der Waals surface area contributed by atoms with Gasteiger partial charge < -0.3 is 69.2 Å². The lowest BCUT2D eigenvalue weighted by atomic mass is 10.0.